The number of pyridine rings is 4. The number of rotatable bonds is 17. The van der Waals surface area contributed by atoms with Crippen LogP contribution in [0.25, 0.3) is 67.5 Å². The fourth-order valence-corrected chi connectivity index (χ4v) is 8.07. The molecule has 8 rings (SSSR count). The zero-order valence-corrected chi connectivity index (χ0v) is 42.5. The Hall–Kier alpha value is -8.26. The van der Waals surface area contributed by atoms with E-state index in [-0.39, 0.29) is 30.7 Å². The molecule has 19 heteroatoms. The van der Waals surface area contributed by atoms with Gasteiger partial charge in [0.15, 0.2) is 0 Å². The number of nitrogens with one attached hydrogen (secondary N) is 2. The fourth-order valence-electron chi connectivity index (χ4n) is 7.12. The van der Waals surface area contributed by atoms with E-state index in [0.717, 1.165) is 46.4 Å². The molecule has 0 aliphatic rings. The maximum absolute atomic E-state index is 12.5. The van der Waals surface area contributed by atoms with Gasteiger partial charge in [-0.15, -0.1) is 17.0 Å². The van der Waals surface area contributed by atoms with Crippen molar-refractivity contribution >= 4 is 75.2 Å². The maximum Gasteiger partial charge on any atom is 2.00 e. The van der Waals surface area contributed by atoms with Crippen LogP contribution < -0.4 is 4.90 Å². The number of allylic oxidation sites excluding steroid dienone is 1. The van der Waals surface area contributed by atoms with Crippen molar-refractivity contribution in [1.29, 1.82) is 5.41 Å². The number of hydrogen-bond acceptors (Lipinski definition) is 11. The number of isothiocyanates is 1. The number of aryl methyl sites for hydroxylation is 1. The molecule has 8 aromatic rings. The van der Waals surface area contributed by atoms with Gasteiger partial charge in [-0.1, -0.05) is 68.7 Å². The van der Waals surface area contributed by atoms with E-state index in [1.54, 1.807) is 66.3 Å². The van der Waals surface area contributed by atoms with Crippen molar-refractivity contribution in [2.24, 2.45) is 0 Å². The quantitative estimate of drug-likeness (QED) is 0.0256. The number of carboxylic acid groups (broad SMARTS) is 2. The smallest absolute Gasteiger partial charge is 0.753 e. The van der Waals surface area contributed by atoms with Crippen LogP contribution in [0.5, 0.6) is 0 Å². The number of furan rings is 1. The molecule has 4 N–H and O–H groups in total. The minimum Gasteiger partial charge on any atom is -0.753 e. The first-order valence-corrected chi connectivity index (χ1v) is 23.5. The number of nitrogens with zero attached hydrogens (tertiary/aromatic N) is 6. The first-order chi connectivity index (χ1) is 35.2. The minimum absolute atomic E-state index is 0. The monoisotopic (exact) mass is 1120 g/mol. The van der Waals surface area contributed by atoms with Gasteiger partial charge in [0.1, 0.15) is 17.7 Å². The third kappa shape index (κ3) is 15.9. The van der Waals surface area contributed by atoms with Gasteiger partial charge in [-0.2, -0.15) is 18.3 Å². The summed E-state index contributed by atoms with van der Waals surface area (Å²) in [6.07, 6.45) is 10.0. The standard InChI is InChI=1S/C35H22N4O5.C19H21F3N3S.CNS.Ru/c40-34(41)12-11-23-13-15-36-29(17-23)31-19-25(35(42)43)20-32(38-31)30-18-24(14-16-37-30)33-21-28(22-44-33)39(26-7-3-1-4-8-26)27-9-5-2-6-10-27;1-2-3-4-5-6-13-8-10-26-18(13)14-7-9-25-16(11-14)15(23)12-17(24)19(20,21)22;2-1-3;/h1-5,7-9,11-22H,(H,40,41)(H,42,43);7-12,23-24H,2-6H2,1H3;;/q;2*-1;+2/b12-11+;15-12-,24-17?;;. The molecule has 0 radical (unpaired) electrons. The number of carbonyl (C=O) groups is 2. The van der Waals surface area contributed by atoms with Gasteiger partial charge in [0.05, 0.1) is 39.7 Å². The molecule has 0 aliphatic carbocycles. The summed E-state index contributed by atoms with van der Waals surface area (Å²) in [5.41, 5.74) is 13.2. The number of thiophene rings is 1. The van der Waals surface area contributed by atoms with Gasteiger partial charge in [-0.3, -0.25) is 25.3 Å². The Morgan fingerprint density at radius 2 is 1.57 bits per heavy atom. The number of aromatic carboxylic acids is 1. The summed E-state index contributed by atoms with van der Waals surface area (Å²) in [5, 5.41) is 36.3. The largest absolute Gasteiger partial charge is 2.00 e. The van der Waals surface area contributed by atoms with Gasteiger partial charge >= 0.3 is 37.6 Å². The molecular weight excluding hydrogens is 1070 g/mol. The normalized spacial score (nSPS) is 10.9. The second-order valence-electron chi connectivity index (χ2n) is 15.6. The molecule has 0 spiro atoms. The summed E-state index contributed by atoms with van der Waals surface area (Å²) in [4.78, 5) is 43.5. The molecule has 0 unspecified atom stereocenters. The molecule has 0 fully saturated rings. The van der Waals surface area contributed by atoms with Crippen molar-refractivity contribution < 1.29 is 56.9 Å². The van der Waals surface area contributed by atoms with Gasteiger partial charge in [-0.05, 0) is 132 Å². The number of unbranched alkanes of at least 4 members (excludes halogenated alkanes) is 3. The topological polar surface area (TPSA) is 212 Å². The number of anilines is 3. The number of thiocarbonyl (C=S) groups is 1. The molecule has 0 bridgehead atoms. The van der Waals surface area contributed by atoms with Crippen LogP contribution >= 0.6 is 23.6 Å². The third-order valence-electron chi connectivity index (χ3n) is 10.5. The van der Waals surface area contributed by atoms with Crippen LogP contribution in [0.2, 0.25) is 0 Å². The van der Waals surface area contributed by atoms with Crippen molar-refractivity contribution in [2.75, 3.05) is 4.90 Å². The first-order valence-electron chi connectivity index (χ1n) is 22.2. The van der Waals surface area contributed by atoms with E-state index in [1.807, 2.05) is 58.8 Å². The second-order valence-corrected chi connectivity index (χ2v) is 16.7. The first kappa shape index (κ1) is 56.7. The number of carboxylic acids is 2. The molecule has 0 atom stereocenters. The Morgan fingerprint density at radius 3 is 2.23 bits per heavy atom. The van der Waals surface area contributed by atoms with Crippen molar-refractivity contribution in [3.05, 3.63) is 197 Å². The number of benzene rings is 1. The van der Waals surface area contributed by atoms with Crippen LogP contribution in [0.15, 0.2) is 156 Å². The van der Waals surface area contributed by atoms with Crippen LogP contribution in [0.3, 0.4) is 0 Å². The Morgan fingerprint density at radius 1 is 0.878 bits per heavy atom. The molecule has 74 heavy (non-hydrogen) atoms. The summed E-state index contributed by atoms with van der Waals surface area (Å²) in [6, 6.07) is 38.7. The van der Waals surface area contributed by atoms with Crippen molar-refractivity contribution in [3.63, 3.8) is 0 Å². The molecule has 0 saturated heterocycles. The fraction of sp³-hybridized carbons (Fsp3) is 0.127. The second kappa shape index (κ2) is 27.5. The number of aliphatic carboxylic acids is 1. The molecule has 374 valence electrons. The number of halogens is 3. The van der Waals surface area contributed by atoms with Crippen LogP contribution in [0.4, 0.5) is 30.2 Å². The molecule has 0 amide bonds. The number of alkyl halides is 3. The van der Waals surface area contributed by atoms with Crippen LogP contribution in [0, 0.1) is 17.5 Å². The van der Waals surface area contributed by atoms with E-state index >= 15 is 0 Å². The summed E-state index contributed by atoms with van der Waals surface area (Å²) in [7, 11) is 0. The molecule has 6 heterocycles. The minimum atomic E-state index is -4.76. The summed E-state index contributed by atoms with van der Waals surface area (Å²) >= 11 is 5.27. The average molecular weight is 1120 g/mol. The van der Waals surface area contributed by atoms with Gasteiger partial charge < -0.3 is 25.8 Å². The molecular formula is C55H43F3N8O5RuS2. The van der Waals surface area contributed by atoms with E-state index in [1.165, 1.54) is 60.6 Å². The zero-order valence-electron chi connectivity index (χ0n) is 39.2. The molecule has 0 saturated carbocycles. The maximum atomic E-state index is 12.5. The SMILES string of the molecule is CCCCCCc1ccsc1-c1ccnc(/C([NH-])=C/C(=N)C(F)(F)F)c1.O=C(O)/C=C/c1ccnc(-c2cc(C(=O)O)cc(-c3cc(-c4cc(N(c5c#cccc5)c5ccccc5)co4)ccn3)n2)c1.[N-]=C=S.[Ru+2]. The predicted molar refractivity (Wildman–Crippen MR) is 282 cm³/mol. The molecule has 13 nitrogen and oxygen atoms in total. The van der Waals surface area contributed by atoms with Gasteiger partial charge in [0.2, 0.25) is 0 Å². The Labute approximate surface area is 446 Å². The van der Waals surface area contributed by atoms with Gasteiger partial charge in [-0.25, -0.2) is 14.6 Å². The van der Waals surface area contributed by atoms with Crippen molar-refractivity contribution in [2.45, 2.75) is 45.2 Å². The van der Waals surface area contributed by atoms with Gasteiger partial charge in [0, 0.05) is 52.6 Å². The number of hydrogen-bond donors (Lipinski definition) is 3. The number of aromatic nitrogens is 4. The van der Waals surface area contributed by atoms with E-state index < -0.39 is 29.5 Å². The Kier molecular flexibility index (Phi) is 21.1. The molecule has 0 aliphatic heterocycles. The Balaban J connectivity index is 0.000000289. The third-order valence-corrected chi connectivity index (χ3v) is 11.5. The van der Waals surface area contributed by atoms with E-state index in [0.29, 0.717) is 45.7 Å². The predicted octanol–water partition coefficient (Wildman–Crippen LogP) is 14.9. The molecule has 6 aromatic heterocycles. The molecule has 2 aromatic carbocycles. The van der Waals surface area contributed by atoms with Crippen LogP contribution in [0.1, 0.15) is 59.8 Å². The Bertz CT molecular complexity index is 3230. The van der Waals surface area contributed by atoms with E-state index in [4.69, 9.17) is 26.1 Å². The number of para-hydroxylation sites is 1. The van der Waals surface area contributed by atoms with Crippen LogP contribution in [-0.4, -0.2) is 59.1 Å². The van der Waals surface area contributed by atoms with Gasteiger partial charge in [0.25, 0.3) is 0 Å². The van der Waals surface area contributed by atoms with Crippen LogP contribution in [-0.2, 0) is 30.7 Å². The summed E-state index contributed by atoms with van der Waals surface area (Å²) in [5.74, 6) is -1.66. The zero-order chi connectivity index (χ0) is 52.3. The van der Waals surface area contributed by atoms with Crippen molar-refractivity contribution in [3.8, 4) is 44.5 Å². The average Bonchev–Trinajstić information content (AvgIpc) is 4.09. The summed E-state index contributed by atoms with van der Waals surface area (Å²) < 4.78 is 43.5. The van der Waals surface area contributed by atoms with Crippen molar-refractivity contribution in [1.82, 2.24) is 19.9 Å². The van der Waals surface area contributed by atoms with E-state index in [9.17, 15) is 27.9 Å². The summed E-state index contributed by atoms with van der Waals surface area (Å²) in [6.45, 7) is 2.17. The van der Waals surface area contributed by atoms with E-state index in [2.05, 4.69) is 57.3 Å².